The van der Waals surface area contributed by atoms with E-state index in [2.05, 4.69) is 20.4 Å². The molecular formula is C22H27N5O5S. The summed E-state index contributed by atoms with van der Waals surface area (Å²) in [4.78, 5) is 14.7. The van der Waals surface area contributed by atoms with Gasteiger partial charge in [-0.2, -0.15) is 0 Å². The van der Waals surface area contributed by atoms with Gasteiger partial charge in [-0.3, -0.25) is 14.3 Å². The highest BCUT2D eigenvalue weighted by molar-refractivity contribution is 7.99. The number of carbonyl (C=O) groups excluding carboxylic acids is 1. The second kappa shape index (κ2) is 11.2. The van der Waals surface area contributed by atoms with Crippen molar-refractivity contribution < 1.29 is 23.4 Å². The molecule has 4 rings (SSSR count). The number of hydrogen-bond acceptors (Lipinski definition) is 9. The molecule has 2 aromatic heterocycles. The van der Waals surface area contributed by atoms with Gasteiger partial charge in [0, 0.05) is 32.2 Å². The monoisotopic (exact) mass is 473 g/mol. The molecule has 33 heavy (non-hydrogen) atoms. The van der Waals surface area contributed by atoms with Gasteiger partial charge in [0.15, 0.2) is 10.9 Å². The maximum Gasteiger partial charge on any atom is 0.230 e. The van der Waals surface area contributed by atoms with Gasteiger partial charge >= 0.3 is 0 Å². The van der Waals surface area contributed by atoms with Crippen LogP contribution in [0.5, 0.6) is 11.5 Å². The number of rotatable bonds is 10. The van der Waals surface area contributed by atoms with Crippen molar-refractivity contribution in [2.45, 2.75) is 5.16 Å². The van der Waals surface area contributed by atoms with Crippen molar-refractivity contribution in [2.24, 2.45) is 0 Å². The van der Waals surface area contributed by atoms with E-state index in [1.54, 1.807) is 32.6 Å². The zero-order chi connectivity index (χ0) is 23.0. The number of carbonyl (C=O) groups is 1. The van der Waals surface area contributed by atoms with Crippen LogP contribution in [0.15, 0.2) is 46.2 Å². The van der Waals surface area contributed by atoms with E-state index in [0.717, 1.165) is 32.8 Å². The second-order valence-electron chi connectivity index (χ2n) is 7.25. The highest BCUT2D eigenvalue weighted by Gasteiger charge is 2.22. The fourth-order valence-electron chi connectivity index (χ4n) is 3.48. The Morgan fingerprint density at radius 1 is 1.18 bits per heavy atom. The van der Waals surface area contributed by atoms with E-state index in [0.29, 0.717) is 40.5 Å². The average molecular weight is 474 g/mol. The molecule has 0 saturated carbocycles. The first-order valence-electron chi connectivity index (χ1n) is 10.6. The van der Waals surface area contributed by atoms with Gasteiger partial charge in [0.05, 0.1) is 45.1 Å². The third-order valence-electron chi connectivity index (χ3n) is 5.19. The highest BCUT2D eigenvalue weighted by atomic mass is 32.2. The van der Waals surface area contributed by atoms with Crippen molar-refractivity contribution in [1.29, 1.82) is 0 Å². The number of benzene rings is 1. The standard InChI is InChI=1S/C22H27N5O5S/c1-29-16-5-6-18(30-2)17(14-16)27-21(19-4-3-11-32-19)24-25-22(27)33-15-20(28)23-7-8-26-9-12-31-13-10-26/h3-6,11,14H,7-10,12-13,15H2,1-2H3,(H,23,28). The summed E-state index contributed by atoms with van der Waals surface area (Å²) in [6, 6.07) is 9.05. The third-order valence-corrected chi connectivity index (χ3v) is 6.12. The summed E-state index contributed by atoms with van der Waals surface area (Å²) in [7, 11) is 3.19. The summed E-state index contributed by atoms with van der Waals surface area (Å²) >= 11 is 1.29. The molecule has 0 bridgehead atoms. The van der Waals surface area contributed by atoms with Crippen molar-refractivity contribution in [2.75, 3.05) is 59.4 Å². The Kier molecular flexibility index (Phi) is 7.87. The summed E-state index contributed by atoms with van der Waals surface area (Å²) in [5.41, 5.74) is 0.684. The summed E-state index contributed by atoms with van der Waals surface area (Å²) in [5.74, 6) is 2.45. The molecule has 1 amide bonds. The summed E-state index contributed by atoms with van der Waals surface area (Å²) < 4.78 is 23.7. The zero-order valence-electron chi connectivity index (χ0n) is 18.7. The minimum Gasteiger partial charge on any atom is -0.497 e. The number of morpholine rings is 1. The molecule has 176 valence electrons. The minimum absolute atomic E-state index is 0.0695. The van der Waals surface area contributed by atoms with Crippen molar-refractivity contribution in [3.8, 4) is 28.8 Å². The van der Waals surface area contributed by atoms with Crippen LogP contribution in [0.25, 0.3) is 17.3 Å². The van der Waals surface area contributed by atoms with Crippen LogP contribution >= 0.6 is 11.8 Å². The summed E-state index contributed by atoms with van der Waals surface area (Å²) in [6.45, 7) is 4.67. The molecule has 0 aliphatic carbocycles. The van der Waals surface area contributed by atoms with Crippen molar-refractivity contribution in [1.82, 2.24) is 25.0 Å². The van der Waals surface area contributed by atoms with E-state index in [-0.39, 0.29) is 11.7 Å². The van der Waals surface area contributed by atoms with Gasteiger partial charge in [-0.1, -0.05) is 11.8 Å². The van der Waals surface area contributed by atoms with E-state index in [9.17, 15) is 4.79 Å². The van der Waals surface area contributed by atoms with Crippen LogP contribution < -0.4 is 14.8 Å². The molecule has 1 fully saturated rings. The van der Waals surface area contributed by atoms with E-state index in [4.69, 9.17) is 18.6 Å². The van der Waals surface area contributed by atoms with E-state index < -0.39 is 0 Å². The maximum atomic E-state index is 12.5. The van der Waals surface area contributed by atoms with Crippen LogP contribution in [0.4, 0.5) is 0 Å². The third kappa shape index (κ3) is 5.67. The minimum atomic E-state index is -0.0695. The quantitative estimate of drug-likeness (QED) is 0.443. The molecule has 3 heterocycles. The van der Waals surface area contributed by atoms with Gasteiger partial charge in [0.2, 0.25) is 11.7 Å². The molecule has 0 unspecified atom stereocenters. The molecular weight excluding hydrogens is 446 g/mol. The van der Waals surface area contributed by atoms with Crippen LogP contribution in [0.3, 0.4) is 0 Å². The lowest BCUT2D eigenvalue weighted by atomic mass is 10.2. The first-order chi connectivity index (χ1) is 16.2. The van der Waals surface area contributed by atoms with Gasteiger partial charge in [0.1, 0.15) is 11.5 Å². The Labute approximate surface area is 196 Å². The van der Waals surface area contributed by atoms with E-state index in [1.807, 2.05) is 22.8 Å². The van der Waals surface area contributed by atoms with Crippen LogP contribution in [-0.2, 0) is 9.53 Å². The normalized spacial score (nSPS) is 14.2. The van der Waals surface area contributed by atoms with E-state index in [1.165, 1.54) is 11.8 Å². The lowest BCUT2D eigenvalue weighted by molar-refractivity contribution is -0.118. The molecule has 11 heteroatoms. The Balaban J connectivity index is 1.50. The lowest BCUT2D eigenvalue weighted by Gasteiger charge is -2.26. The molecule has 1 N–H and O–H groups in total. The van der Waals surface area contributed by atoms with Crippen LogP contribution in [-0.4, -0.2) is 84.9 Å². The molecule has 0 spiro atoms. The fraction of sp³-hybridized carbons (Fsp3) is 0.409. The molecule has 1 aliphatic heterocycles. The van der Waals surface area contributed by atoms with Crippen LogP contribution in [0.2, 0.25) is 0 Å². The number of thioether (sulfide) groups is 1. The summed E-state index contributed by atoms with van der Waals surface area (Å²) in [6.07, 6.45) is 1.58. The number of methoxy groups -OCH3 is 2. The average Bonchev–Trinajstić information content (AvgIpc) is 3.53. The number of furan rings is 1. The number of nitrogens with one attached hydrogen (secondary N) is 1. The number of amides is 1. The first-order valence-corrected chi connectivity index (χ1v) is 11.6. The maximum absolute atomic E-state index is 12.5. The molecule has 1 saturated heterocycles. The van der Waals surface area contributed by atoms with Crippen molar-refractivity contribution >= 4 is 17.7 Å². The number of nitrogens with zero attached hydrogens (tertiary/aromatic N) is 4. The Morgan fingerprint density at radius 2 is 2.03 bits per heavy atom. The Hall–Kier alpha value is -3.02. The van der Waals surface area contributed by atoms with Gasteiger partial charge in [-0.25, -0.2) is 0 Å². The van der Waals surface area contributed by atoms with Crippen LogP contribution in [0.1, 0.15) is 0 Å². The Morgan fingerprint density at radius 3 is 2.76 bits per heavy atom. The van der Waals surface area contributed by atoms with Gasteiger partial charge in [0.25, 0.3) is 0 Å². The van der Waals surface area contributed by atoms with Gasteiger partial charge < -0.3 is 23.9 Å². The lowest BCUT2D eigenvalue weighted by Crippen LogP contribution is -2.41. The number of aromatic nitrogens is 3. The van der Waals surface area contributed by atoms with Gasteiger partial charge in [-0.15, -0.1) is 10.2 Å². The first kappa shape index (κ1) is 23.1. The molecule has 1 aliphatic rings. The predicted molar refractivity (Wildman–Crippen MR) is 123 cm³/mol. The smallest absolute Gasteiger partial charge is 0.230 e. The largest absolute Gasteiger partial charge is 0.497 e. The van der Waals surface area contributed by atoms with Gasteiger partial charge in [-0.05, 0) is 24.3 Å². The van der Waals surface area contributed by atoms with Crippen LogP contribution in [0, 0.1) is 0 Å². The summed E-state index contributed by atoms with van der Waals surface area (Å²) in [5, 5.41) is 12.2. The number of hydrogen-bond donors (Lipinski definition) is 1. The molecule has 0 radical (unpaired) electrons. The topological polar surface area (TPSA) is 104 Å². The Bertz CT molecular complexity index is 1050. The molecule has 1 aromatic carbocycles. The zero-order valence-corrected chi connectivity index (χ0v) is 19.5. The SMILES string of the molecule is COc1ccc(OC)c(-n2c(SCC(=O)NCCN3CCOCC3)nnc2-c2ccco2)c1. The fourth-order valence-corrected chi connectivity index (χ4v) is 4.25. The second-order valence-corrected chi connectivity index (χ2v) is 8.19. The molecule has 3 aromatic rings. The van der Waals surface area contributed by atoms with E-state index >= 15 is 0 Å². The molecule has 0 atom stereocenters. The van der Waals surface area contributed by atoms with Crippen molar-refractivity contribution in [3.63, 3.8) is 0 Å². The number of ether oxygens (including phenoxy) is 3. The van der Waals surface area contributed by atoms with Crippen molar-refractivity contribution in [3.05, 3.63) is 36.6 Å². The molecule has 10 nitrogen and oxygen atoms in total. The highest BCUT2D eigenvalue weighted by Crippen LogP contribution is 2.34. The predicted octanol–water partition coefficient (Wildman–Crippen LogP) is 2.08.